The van der Waals surface area contributed by atoms with Crippen molar-refractivity contribution in [3.63, 3.8) is 0 Å². The van der Waals surface area contributed by atoms with E-state index in [9.17, 15) is 9.59 Å². The minimum absolute atomic E-state index is 0.114. The van der Waals surface area contributed by atoms with Gasteiger partial charge in [-0.05, 0) is 99.8 Å². The van der Waals surface area contributed by atoms with Crippen LogP contribution in [0.25, 0.3) is 23.8 Å². The molecule has 0 aromatic heterocycles. The largest absolute Gasteiger partial charge is 0.508 e. The van der Waals surface area contributed by atoms with Gasteiger partial charge in [0.25, 0.3) is 0 Å². The van der Waals surface area contributed by atoms with Crippen molar-refractivity contribution in [2.75, 3.05) is 18.1 Å². The van der Waals surface area contributed by atoms with Gasteiger partial charge in [-0.1, -0.05) is 111 Å². The van der Waals surface area contributed by atoms with Crippen molar-refractivity contribution in [3.8, 4) is 0 Å². The van der Waals surface area contributed by atoms with Crippen molar-refractivity contribution in [3.05, 3.63) is 160 Å². The number of nitrogens with zero attached hydrogens (tertiary/aromatic N) is 1. The maximum atomic E-state index is 11.9. The van der Waals surface area contributed by atoms with E-state index in [1.165, 1.54) is 27.8 Å². The Bertz CT molecular complexity index is 1880. The standard InChI is InChI=1S/C44H41NO6/c1-3-27-48-43(46)50-30-33-15-23-38(24-16-33)45(39-25-17-34(18-26-39)31-51-44(47)49-28-4-2)37-21-13-32(14-22-37)29-42-40-11-7-5-9-35(40)19-20-36-10-6-8-12-41(36)42/h5-26,29H,3-4,27-28,30-31H2,1-2H3. The van der Waals surface area contributed by atoms with Gasteiger partial charge in [-0.3, -0.25) is 0 Å². The number of hydrogen-bond acceptors (Lipinski definition) is 7. The topological polar surface area (TPSA) is 74.3 Å². The molecular formula is C44H41NO6. The zero-order valence-electron chi connectivity index (χ0n) is 28.9. The molecule has 258 valence electrons. The molecule has 7 heteroatoms. The molecule has 0 N–H and O–H groups in total. The molecular weight excluding hydrogens is 638 g/mol. The molecule has 0 amide bonds. The molecule has 1 aliphatic carbocycles. The normalized spacial score (nSPS) is 11.5. The van der Waals surface area contributed by atoms with E-state index in [2.05, 4.69) is 95.9 Å². The lowest BCUT2D eigenvalue weighted by atomic mass is 9.92. The van der Waals surface area contributed by atoms with Gasteiger partial charge in [0.15, 0.2) is 0 Å². The van der Waals surface area contributed by atoms with E-state index in [1.54, 1.807) is 0 Å². The van der Waals surface area contributed by atoms with E-state index < -0.39 is 12.3 Å². The van der Waals surface area contributed by atoms with E-state index >= 15 is 0 Å². The molecule has 1 aliphatic rings. The lowest BCUT2D eigenvalue weighted by Crippen LogP contribution is -2.11. The number of hydrogen-bond donors (Lipinski definition) is 0. The van der Waals surface area contributed by atoms with E-state index in [0.717, 1.165) is 46.6 Å². The Morgan fingerprint density at radius 3 is 1.37 bits per heavy atom. The quantitative estimate of drug-likeness (QED) is 0.119. The molecule has 6 rings (SSSR count). The van der Waals surface area contributed by atoms with Crippen molar-refractivity contribution in [2.45, 2.75) is 39.9 Å². The zero-order valence-corrected chi connectivity index (χ0v) is 28.9. The summed E-state index contributed by atoms with van der Waals surface area (Å²) >= 11 is 0. The first kappa shape index (κ1) is 34.8. The zero-order chi connectivity index (χ0) is 35.4. The summed E-state index contributed by atoms with van der Waals surface area (Å²) in [5.74, 6) is 0. The summed E-state index contributed by atoms with van der Waals surface area (Å²) < 4.78 is 20.6. The summed E-state index contributed by atoms with van der Waals surface area (Å²) in [6, 6.07) is 41.2. The van der Waals surface area contributed by atoms with Crippen LogP contribution in [0.5, 0.6) is 0 Å². The molecule has 0 atom stereocenters. The fraction of sp³-hybridized carbons (Fsp3) is 0.182. The van der Waals surface area contributed by atoms with Crippen LogP contribution >= 0.6 is 0 Å². The fourth-order valence-corrected chi connectivity index (χ4v) is 5.81. The van der Waals surface area contributed by atoms with E-state index in [0.29, 0.717) is 13.2 Å². The van der Waals surface area contributed by atoms with Gasteiger partial charge in [0.2, 0.25) is 0 Å². The second kappa shape index (κ2) is 17.0. The first-order valence-corrected chi connectivity index (χ1v) is 17.3. The van der Waals surface area contributed by atoms with Crippen molar-refractivity contribution >= 4 is 53.2 Å². The Morgan fingerprint density at radius 2 is 0.941 bits per heavy atom. The lowest BCUT2D eigenvalue weighted by molar-refractivity contribution is 0.0491. The third kappa shape index (κ3) is 8.94. The number of benzene rings is 5. The van der Waals surface area contributed by atoms with Crippen LogP contribution in [-0.4, -0.2) is 25.5 Å². The number of anilines is 3. The maximum absolute atomic E-state index is 11.9. The summed E-state index contributed by atoms with van der Waals surface area (Å²) in [4.78, 5) is 25.9. The van der Waals surface area contributed by atoms with Gasteiger partial charge in [-0.25, -0.2) is 9.59 Å². The Balaban J connectivity index is 1.29. The summed E-state index contributed by atoms with van der Waals surface area (Å²) in [5.41, 5.74) is 11.5. The predicted octanol–water partition coefficient (Wildman–Crippen LogP) is 11.4. The first-order valence-electron chi connectivity index (χ1n) is 17.3. The van der Waals surface area contributed by atoms with E-state index in [1.807, 2.05) is 62.4 Å². The molecule has 0 heterocycles. The van der Waals surface area contributed by atoms with Crippen LogP contribution in [0.4, 0.5) is 26.7 Å². The van der Waals surface area contributed by atoms with Crippen LogP contribution in [0.15, 0.2) is 121 Å². The average Bonchev–Trinajstić information content (AvgIpc) is 3.33. The number of rotatable bonds is 12. The van der Waals surface area contributed by atoms with Crippen molar-refractivity contribution in [1.82, 2.24) is 0 Å². The third-order valence-electron chi connectivity index (χ3n) is 8.36. The Morgan fingerprint density at radius 1 is 0.529 bits per heavy atom. The summed E-state index contributed by atoms with van der Waals surface area (Å²) in [6.07, 6.45) is 6.73. The molecule has 0 saturated carbocycles. The van der Waals surface area contributed by atoms with Crippen molar-refractivity contribution < 1.29 is 28.5 Å². The molecule has 0 saturated heterocycles. The van der Waals surface area contributed by atoms with Gasteiger partial charge in [0.05, 0.1) is 13.2 Å². The molecule has 0 aliphatic heterocycles. The first-order chi connectivity index (χ1) is 25.0. The SMILES string of the molecule is CCCOC(=O)OCc1ccc(N(c2ccc(C=C3c4ccccc4C=Cc4ccccc43)cc2)c2ccc(COC(=O)OCCC)cc2)cc1. The van der Waals surface area contributed by atoms with Crippen LogP contribution in [0.3, 0.4) is 0 Å². The average molecular weight is 680 g/mol. The number of ether oxygens (including phenoxy) is 4. The van der Waals surface area contributed by atoms with Crippen LogP contribution < -0.4 is 4.90 Å². The van der Waals surface area contributed by atoms with Crippen LogP contribution in [0.2, 0.25) is 0 Å². The van der Waals surface area contributed by atoms with Gasteiger partial charge in [-0.2, -0.15) is 0 Å². The van der Waals surface area contributed by atoms with Gasteiger partial charge >= 0.3 is 12.3 Å². The molecule has 51 heavy (non-hydrogen) atoms. The van der Waals surface area contributed by atoms with Crippen molar-refractivity contribution in [2.24, 2.45) is 0 Å². The van der Waals surface area contributed by atoms with Crippen molar-refractivity contribution in [1.29, 1.82) is 0 Å². The second-order valence-electron chi connectivity index (χ2n) is 12.1. The van der Waals surface area contributed by atoms with Crippen LogP contribution in [0.1, 0.15) is 65.6 Å². The Labute approximate surface area is 299 Å². The van der Waals surface area contributed by atoms with Gasteiger partial charge in [-0.15, -0.1) is 0 Å². The number of carbonyl (C=O) groups excluding carboxylic acids is 2. The summed E-state index contributed by atoms with van der Waals surface area (Å²) in [5, 5.41) is 0. The summed E-state index contributed by atoms with van der Waals surface area (Å²) in [7, 11) is 0. The molecule has 0 unspecified atom stereocenters. The molecule has 0 spiro atoms. The minimum atomic E-state index is -0.674. The van der Waals surface area contributed by atoms with Crippen LogP contribution in [0, 0.1) is 0 Å². The molecule has 5 aromatic carbocycles. The number of fused-ring (bicyclic) bond motifs is 2. The maximum Gasteiger partial charge on any atom is 0.508 e. The fourth-order valence-electron chi connectivity index (χ4n) is 5.81. The van der Waals surface area contributed by atoms with Gasteiger partial charge < -0.3 is 23.8 Å². The van der Waals surface area contributed by atoms with Crippen LogP contribution in [-0.2, 0) is 32.2 Å². The monoisotopic (exact) mass is 679 g/mol. The highest BCUT2D eigenvalue weighted by molar-refractivity contribution is 6.00. The third-order valence-corrected chi connectivity index (χ3v) is 8.36. The molecule has 0 radical (unpaired) electrons. The smallest absolute Gasteiger partial charge is 0.434 e. The minimum Gasteiger partial charge on any atom is -0.434 e. The Kier molecular flexibility index (Phi) is 11.6. The molecule has 7 nitrogen and oxygen atoms in total. The predicted molar refractivity (Wildman–Crippen MR) is 203 cm³/mol. The molecule has 0 bridgehead atoms. The van der Waals surface area contributed by atoms with Gasteiger partial charge in [0.1, 0.15) is 13.2 Å². The van der Waals surface area contributed by atoms with E-state index in [4.69, 9.17) is 18.9 Å². The number of carbonyl (C=O) groups is 2. The highest BCUT2D eigenvalue weighted by Crippen LogP contribution is 2.37. The Hall–Kier alpha value is -6.08. The lowest BCUT2D eigenvalue weighted by Gasteiger charge is -2.26. The van der Waals surface area contributed by atoms with Gasteiger partial charge in [0, 0.05) is 17.1 Å². The summed E-state index contributed by atoms with van der Waals surface area (Å²) in [6.45, 7) is 4.75. The molecule has 5 aromatic rings. The highest BCUT2D eigenvalue weighted by Gasteiger charge is 2.17. The molecule has 0 fully saturated rings. The van der Waals surface area contributed by atoms with E-state index in [-0.39, 0.29) is 13.2 Å². The second-order valence-corrected chi connectivity index (χ2v) is 12.1. The highest BCUT2D eigenvalue weighted by atomic mass is 16.7.